The van der Waals surface area contributed by atoms with Crippen molar-refractivity contribution in [2.75, 3.05) is 10.7 Å². The number of aromatic nitrogens is 2. The molecule has 41 heavy (non-hydrogen) atoms. The summed E-state index contributed by atoms with van der Waals surface area (Å²) in [5.41, 5.74) is 8.13. The summed E-state index contributed by atoms with van der Waals surface area (Å²) < 4.78 is 37.6. The summed E-state index contributed by atoms with van der Waals surface area (Å²) in [4.78, 5) is 2.40. The molecular formula is C33H34N3O3S2+. The molecule has 0 amide bonds. The fraction of sp³-hybridized carbons (Fsp3) is 0.242. The van der Waals surface area contributed by atoms with Crippen LogP contribution in [0.1, 0.15) is 43.2 Å². The summed E-state index contributed by atoms with van der Waals surface area (Å²) in [6, 6.07) is 25.6. The van der Waals surface area contributed by atoms with Crippen LogP contribution in [0.4, 0.5) is 11.4 Å². The molecule has 8 heteroatoms. The van der Waals surface area contributed by atoms with Gasteiger partial charge in [0.1, 0.15) is 4.70 Å². The zero-order valence-corrected chi connectivity index (χ0v) is 25.0. The van der Waals surface area contributed by atoms with E-state index in [9.17, 15) is 13.0 Å². The number of fused-ring (bicyclic) bond motifs is 3. The molecule has 2 aromatic heterocycles. The number of allylic oxidation sites excluding steroid dienone is 3. The third kappa shape index (κ3) is 5.60. The Morgan fingerprint density at radius 1 is 1.00 bits per heavy atom. The number of aryl methyl sites for hydroxylation is 2. The number of thiazole rings is 1. The SMILES string of the molecule is CCCCC1=C/C(=C\c2sc3ccccc3[n+]2CCCS(=O)(=O)O)c2ccccc2N1c1ccc2c(ccn2C)c1. The molecule has 210 valence electrons. The maximum atomic E-state index is 11.4. The van der Waals surface area contributed by atoms with Gasteiger partial charge < -0.3 is 9.47 Å². The van der Waals surface area contributed by atoms with Gasteiger partial charge in [-0.3, -0.25) is 4.55 Å². The van der Waals surface area contributed by atoms with Gasteiger partial charge in [-0.2, -0.15) is 13.0 Å². The van der Waals surface area contributed by atoms with Gasteiger partial charge in [0.25, 0.3) is 15.1 Å². The number of anilines is 2. The van der Waals surface area contributed by atoms with Crippen molar-refractivity contribution in [3.05, 3.63) is 101 Å². The van der Waals surface area contributed by atoms with E-state index in [1.165, 1.54) is 16.6 Å². The average molecular weight is 585 g/mol. The van der Waals surface area contributed by atoms with Crippen LogP contribution in [0.15, 0.2) is 90.8 Å². The number of nitrogens with zero attached hydrogens (tertiary/aromatic N) is 3. The quantitative estimate of drug-likeness (QED) is 0.142. The van der Waals surface area contributed by atoms with Crippen molar-refractivity contribution in [3.8, 4) is 0 Å². The van der Waals surface area contributed by atoms with Crippen LogP contribution in [0.3, 0.4) is 0 Å². The first-order chi connectivity index (χ1) is 19.8. The summed E-state index contributed by atoms with van der Waals surface area (Å²) in [5.74, 6) is -0.259. The molecule has 0 fully saturated rings. The normalized spacial score (nSPS) is 14.7. The van der Waals surface area contributed by atoms with E-state index >= 15 is 0 Å². The first-order valence-corrected chi connectivity index (χ1v) is 16.5. The molecule has 0 unspecified atom stereocenters. The van der Waals surface area contributed by atoms with Crippen LogP contribution < -0.4 is 9.47 Å². The second kappa shape index (κ2) is 11.3. The number of rotatable bonds is 9. The zero-order valence-electron chi connectivity index (χ0n) is 23.3. The van der Waals surface area contributed by atoms with Gasteiger partial charge in [-0.1, -0.05) is 55.0 Å². The fourth-order valence-corrected chi connectivity index (χ4v) is 7.33. The van der Waals surface area contributed by atoms with Crippen molar-refractivity contribution in [1.82, 2.24) is 4.57 Å². The third-order valence-corrected chi connectivity index (χ3v) is 9.60. The highest BCUT2D eigenvalue weighted by Gasteiger charge is 2.26. The maximum Gasteiger partial charge on any atom is 0.265 e. The number of benzene rings is 3. The van der Waals surface area contributed by atoms with Gasteiger partial charge in [-0.15, -0.1) is 0 Å². The Balaban J connectivity index is 1.48. The Bertz CT molecular complexity index is 1910. The maximum absolute atomic E-state index is 11.4. The van der Waals surface area contributed by atoms with Crippen molar-refractivity contribution in [3.63, 3.8) is 0 Å². The van der Waals surface area contributed by atoms with E-state index in [0.29, 0.717) is 13.0 Å². The molecule has 0 bridgehead atoms. The fourth-order valence-electron chi connectivity index (χ4n) is 5.69. The number of hydrogen-bond acceptors (Lipinski definition) is 4. The monoisotopic (exact) mass is 584 g/mol. The number of hydrogen-bond donors (Lipinski definition) is 1. The molecule has 0 saturated heterocycles. The Morgan fingerprint density at radius 3 is 2.63 bits per heavy atom. The molecule has 0 saturated carbocycles. The van der Waals surface area contributed by atoms with Crippen LogP contribution in [-0.4, -0.2) is 23.3 Å². The van der Waals surface area contributed by atoms with Crippen LogP contribution in [0, 0.1) is 0 Å². The highest BCUT2D eigenvalue weighted by Crippen LogP contribution is 2.43. The van der Waals surface area contributed by atoms with Gasteiger partial charge in [0.15, 0.2) is 6.54 Å². The molecule has 0 aliphatic carbocycles. The minimum Gasteiger partial charge on any atom is -0.351 e. The van der Waals surface area contributed by atoms with E-state index in [0.717, 1.165) is 57.0 Å². The van der Waals surface area contributed by atoms with E-state index in [4.69, 9.17) is 0 Å². The second-order valence-corrected chi connectivity index (χ2v) is 13.2. The average Bonchev–Trinajstić information content (AvgIpc) is 3.50. The van der Waals surface area contributed by atoms with Gasteiger partial charge in [0, 0.05) is 59.7 Å². The molecule has 6 nitrogen and oxygen atoms in total. The van der Waals surface area contributed by atoms with Crippen LogP contribution in [-0.2, 0) is 23.7 Å². The van der Waals surface area contributed by atoms with E-state index < -0.39 is 10.1 Å². The Labute approximate surface area is 245 Å². The third-order valence-electron chi connectivity index (χ3n) is 7.68. The molecule has 0 spiro atoms. The topological polar surface area (TPSA) is 66.4 Å². The summed E-state index contributed by atoms with van der Waals surface area (Å²) in [7, 11) is -1.94. The molecule has 1 N–H and O–H groups in total. The summed E-state index contributed by atoms with van der Waals surface area (Å²) >= 11 is 1.70. The molecular weight excluding hydrogens is 551 g/mol. The predicted molar refractivity (Wildman–Crippen MR) is 170 cm³/mol. The van der Waals surface area contributed by atoms with Crippen molar-refractivity contribution in [2.45, 2.75) is 39.2 Å². The van der Waals surface area contributed by atoms with E-state index in [1.807, 2.05) is 12.1 Å². The molecule has 5 aromatic rings. The standard InChI is InChI=1S/C33H33N3O3S2/c1-3-4-10-26-22-25(23-33-35(18-9-20-41(37,38)39)31-13-7-8-14-32(31)40-33)28-11-5-6-12-30(28)36(26)27-15-16-29-24(21-27)17-19-34(29)2/h5-8,11-17,19,21-23H,3-4,9-10,18,20H2,1-2H3/p+1. The molecule has 0 atom stereocenters. The van der Waals surface area contributed by atoms with E-state index in [-0.39, 0.29) is 5.75 Å². The Kier molecular flexibility index (Phi) is 7.55. The van der Waals surface area contributed by atoms with Crippen LogP contribution in [0.25, 0.3) is 32.8 Å². The molecule has 3 heterocycles. The van der Waals surface area contributed by atoms with E-state index in [2.05, 4.69) is 107 Å². The lowest BCUT2D eigenvalue weighted by molar-refractivity contribution is -0.668. The first-order valence-electron chi connectivity index (χ1n) is 14.1. The molecule has 1 aliphatic heterocycles. The number of unbranched alkanes of at least 4 members (excludes halogenated alkanes) is 1. The summed E-state index contributed by atoms with van der Waals surface area (Å²) in [5, 5.41) is 2.27. The van der Waals surface area contributed by atoms with Gasteiger partial charge in [0.05, 0.1) is 11.4 Å². The summed E-state index contributed by atoms with van der Waals surface area (Å²) in [6.07, 6.45) is 10.1. The lowest BCUT2D eigenvalue weighted by Gasteiger charge is -2.34. The van der Waals surface area contributed by atoms with Crippen molar-refractivity contribution in [1.29, 1.82) is 0 Å². The van der Waals surface area contributed by atoms with Crippen molar-refractivity contribution >= 4 is 65.6 Å². The molecule has 3 aromatic carbocycles. The Hall–Kier alpha value is -3.72. The molecule has 0 radical (unpaired) electrons. The van der Waals surface area contributed by atoms with Crippen molar-refractivity contribution < 1.29 is 17.5 Å². The Morgan fingerprint density at radius 2 is 1.80 bits per heavy atom. The van der Waals surface area contributed by atoms with Crippen LogP contribution in [0.2, 0.25) is 0 Å². The largest absolute Gasteiger partial charge is 0.351 e. The summed E-state index contributed by atoms with van der Waals surface area (Å²) in [6.45, 7) is 2.72. The second-order valence-electron chi connectivity index (χ2n) is 10.6. The smallest absolute Gasteiger partial charge is 0.265 e. The van der Waals surface area contributed by atoms with Gasteiger partial charge in [-0.25, -0.2) is 0 Å². The number of para-hydroxylation sites is 2. The lowest BCUT2D eigenvalue weighted by Crippen LogP contribution is -2.36. The van der Waals surface area contributed by atoms with Gasteiger partial charge in [0.2, 0.25) is 5.52 Å². The zero-order chi connectivity index (χ0) is 28.6. The lowest BCUT2D eigenvalue weighted by atomic mass is 9.94. The van der Waals surface area contributed by atoms with Crippen LogP contribution in [0.5, 0.6) is 0 Å². The highest BCUT2D eigenvalue weighted by molar-refractivity contribution is 7.85. The minimum absolute atomic E-state index is 0.259. The predicted octanol–water partition coefficient (Wildman–Crippen LogP) is 7.72. The highest BCUT2D eigenvalue weighted by atomic mass is 32.2. The molecule has 1 aliphatic rings. The molecule has 6 rings (SSSR count). The van der Waals surface area contributed by atoms with Gasteiger partial charge >= 0.3 is 0 Å². The first kappa shape index (κ1) is 27.4. The minimum atomic E-state index is -4.01. The van der Waals surface area contributed by atoms with Gasteiger partial charge in [-0.05, 0) is 60.9 Å². The van der Waals surface area contributed by atoms with Crippen molar-refractivity contribution in [2.24, 2.45) is 7.05 Å². The van der Waals surface area contributed by atoms with E-state index in [1.54, 1.807) is 11.3 Å². The van der Waals surface area contributed by atoms with Crippen LogP contribution >= 0.6 is 11.3 Å².